The number of sulfonamides is 1. The average molecular weight is 487 g/mol. The van der Waals surface area contributed by atoms with E-state index in [0.29, 0.717) is 22.4 Å². The quantitative estimate of drug-likeness (QED) is 0.461. The molecule has 0 spiro atoms. The normalized spacial score (nSPS) is 16.6. The first-order valence-electron chi connectivity index (χ1n) is 10.2. The van der Waals surface area contributed by atoms with E-state index in [1.807, 2.05) is 30.3 Å². The summed E-state index contributed by atoms with van der Waals surface area (Å²) in [5.41, 5.74) is 3.34. The van der Waals surface area contributed by atoms with E-state index in [2.05, 4.69) is 18.6 Å². The summed E-state index contributed by atoms with van der Waals surface area (Å²) in [6.45, 7) is 4.26. The number of nitrogens with zero attached hydrogens (tertiary/aromatic N) is 1. The molecule has 5 nitrogen and oxygen atoms in total. The van der Waals surface area contributed by atoms with Crippen molar-refractivity contribution < 1.29 is 13.2 Å². The molecule has 1 atom stereocenters. The van der Waals surface area contributed by atoms with Crippen LogP contribution in [0.3, 0.4) is 0 Å². The Morgan fingerprint density at radius 2 is 1.72 bits per heavy atom. The fourth-order valence-corrected chi connectivity index (χ4v) is 5.90. The van der Waals surface area contributed by atoms with E-state index in [0.717, 1.165) is 11.3 Å². The van der Waals surface area contributed by atoms with Crippen LogP contribution in [0.15, 0.2) is 77.7 Å². The maximum Gasteiger partial charge on any atom is 0.261 e. The Bertz CT molecular complexity index is 1230. The number of benzene rings is 3. The molecular weight excluding hydrogens is 464 g/mol. The summed E-state index contributed by atoms with van der Waals surface area (Å²) in [7, 11) is -3.76. The maximum atomic E-state index is 12.7. The number of hydrogen-bond donors (Lipinski definition) is 1. The van der Waals surface area contributed by atoms with Crippen LogP contribution in [-0.2, 0) is 14.8 Å². The van der Waals surface area contributed by atoms with Crippen LogP contribution in [0.1, 0.15) is 36.3 Å². The summed E-state index contributed by atoms with van der Waals surface area (Å²) in [6, 6.07) is 21.2. The molecule has 1 unspecified atom stereocenters. The van der Waals surface area contributed by atoms with Crippen molar-refractivity contribution in [3.63, 3.8) is 0 Å². The van der Waals surface area contributed by atoms with Crippen LogP contribution in [0.2, 0.25) is 5.02 Å². The van der Waals surface area contributed by atoms with Gasteiger partial charge in [0.2, 0.25) is 5.91 Å². The Morgan fingerprint density at radius 1 is 1.03 bits per heavy atom. The Hall–Kier alpha value is -2.48. The third-order valence-electron chi connectivity index (χ3n) is 5.25. The molecule has 3 aromatic rings. The Balaban J connectivity index is 1.60. The molecule has 32 heavy (non-hydrogen) atoms. The van der Waals surface area contributed by atoms with E-state index in [-0.39, 0.29) is 16.2 Å². The summed E-state index contributed by atoms with van der Waals surface area (Å²) < 4.78 is 28.1. The number of rotatable bonds is 6. The monoisotopic (exact) mass is 486 g/mol. The minimum absolute atomic E-state index is 0.0319. The van der Waals surface area contributed by atoms with Gasteiger partial charge in [0.15, 0.2) is 0 Å². The van der Waals surface area contributed by atoms with Gasteiger partial charge in [-0.2, -0.15) is 0 Å². The van der Waals surface area contributed by atoms with Gasteiger partial charge in [-0.05, 0) is 65.6 Å². The molecule has 4 rings (SSSR count). The van der Waals surface area contributed by atoms with Gasteiger partial charge in [-0.1, -0.05) is 49.7 Å². The van der Waals surface area contributed by atoms with E-state index in [1.54, 1.807) is 23.1 Å². The lowest BCUT2D eigenvalue weighted by molar-refractivity contribution is -0.115. The maximum absolute atomic E-state index is 12.7. The summed E-state index contributed by atoms with van der Waals surface area (Å²) in [5.74, 6) is 0.815. The highest BCUT2D eigenvalue weighted by Gasteiger charge is 2.34. The second-order valence-electron chi connectivity index (χ2n) is 7.86. The van der Waals surface area contributed by atoms with E-state index < -0.39 is 10.0 Å². The van der Waals surface area contributed by atoms with Gasteiger partial charge < -0.3 is 0 Å². The van der Waals surface area contributed by atoms with Crippen LogP contribution in [0.4, 0.5) is 11.4 Å². The van der Waals surface area contributed by atoms with E-state index in [9.17, 15) is 13.2 Å². The van der Waals surface area contributed by atoms with Gasteiger partial charge in [-0.3, -0.25) is 14.4 Å². The molecule has 8 heteroatoms. The predicted octanol–water partition coefficient (Wildman–Crippen LogP) is 6.04. The number of thioether (sulfide) groups is 1. The highest BCUT2D eigenvalue weighted by molar-refractivity contribution is 8.00. The first kappa shape index (κ1) is 22.7. The van der Waals surface area contributed by atoms with Crippen LogP contribution in [-0.4, -0.2) is 20.1 Å². The second kappa shape index (κ2) is 9.17. The topological polar surface area (TPSA) is 66.5 Å². The molecule has 1 heterocycles. The zero-order valence-electron chi connectivity index (χ0n) is 17.7. The number of halogens is 1. The molecule has 1 saturated heterocycles. The first-order valence-corrected chi connectivity index (χ1v) is 13.1. The third-order valence-corrected chi connectivity index (χ3v) is 8.12. The molecule has 1 amide bonds. The second-order valence-corrected chi connectivity index (χ2v) is 11.0. The number of anilines is 2. The lowest BCUT2D eigenvalue weighted by Gasteiger charge is -2.25. The van der Waals surface area contributed by atoms with Crippen molar-refractivity contribution >= 4 is 50.7 Å². The van der Waals surface area contributed by atoms with E-state index in [4.69, 9.17) is 11.6 Å². The Morgan fingerprint density at radius 3 is 2.38 bits per heavy atom. The number of amides is 1. The van der Waals surface area contributed by atoms with Gasteiger partial charge in [0.25, 0.3) is 10.0 Å². The first-order chi connectivity index (χ1) is 15.2. The van der Waals surface area contributed by atoms with Crippen molar-refractivity contribution in [2.45, 2.75) is 30.0 Å². The van der Waals surface area contributed by atoms with Gasteiger partial charge in [0.05, 0.1) is 10.6 Å². The minimum Gasteiger partial charge on any atom is -0.295 e. The van der Waals surface area contributed by atoms with Gasteiger partial charge in [0.1, 0.15) is 5.37 Å². The van der Waals surface area contributed by atoms with Gasteiger partial charge >= 0.3 is 0 Å². The van der Waals surface area contributed by atoms with Crippen molar-refractivity contribution in [3.8, 4) is 0 Å². The highest BCUT2D eigenvalue weighted by Crippen LogP contribution is 2.42. The van der Waals surface area contributed by atoms with Gasteiger partial charge in [-0.25, -0.2) is 8.42 Å². The number of hydrogen-bond acceptors (Lipinski definition) is 4. The lowest BCUT2D eigenvalue weighted by Crippen LogP contribution is -2.27. The summed E-state index contributed by atoms with van der Waals surface area (Å²) in [5, 5.41) is 0.239. The third kappa shape index (κ3) is 4.80. The molecule has 0 bridgehead atoms. The number of nitrogens with one attached hydrogen (secondary N) is 1. The SMILES string of the molecule is CC(C)c1ccc(N2C(=O)CSC2c2cccc(NS(=O)(=O)c3ccc(Cl)cc3)c2)cc1. The molecule has 0 aliphatic carbocycles. The molecule has 1 aliphatic rings. The van der Waals surface area contributed by atoms with Crippen molar-refractivity contribution in [1.82, 2.24) is 0 Å². The van der Waals surface area contributed by atoms with Crippen molar-refractivity contribution in [3.05, 3.63) is 88.9 Å². The van der Waals surface area contributed by atoms with Crippen LogP contribution < -0.4 is 9.62 Å². The van der Waals surface area contributed by atoms with E-state index in [1.165, 1.54) is 41.6 Å². The lowest BCUT2D eigenvalue weighted by atomic mass is 10.0. The molecule has 0 radical (unpaired) electrons. The summed E-state index contributed by atoms with van der Waals surface area (Å²) >= 11 is 7.39. The highest BCUT2D eigenvalue weighted by atomic mass is 35.5. The number of carbonyl (C=O) groups is 1. The zero-order valence-corrected chi connectivity index (χ0v) is 20.0. The smallest absolute Gasteiger partial charge is 0.261 e. The van der Waals surface area contributed by atoms with Crippen LogP contribution in [0, 0.1) is 0 Å². The largest absolute Gasteiger partial charge is 0.295 e. The van der Waals surface area contributed by atoms with E-state index >= 15 is 0 Å². The van der Waals surface area contributed by atoms with Crippen molar-refractivity contribution in [2.24, 2.45) is 0 Å². The minimum atomic E-state index is -3.76. The summed E-state index contributed by atoms with van der Waals surface area (Å²) in [4.78, 5) is 14.6. The standard InChI is InChI=1S/C24H23ClN2O3S2/c1-16(2)17-6-10-21(11-7-17)27-23(28)15-31-24(27)18-4-3-5-20(14-18)26-32(29,30)22-12-8-19(25)9-13-22/h3-14,16,24,26H,15H2,1-2H3. The molecular formula is C24H23ClN2O3S2. The van der Waals surface area contributed by atoms with Crippen molar-refractivity contribution in [2.75, 3.05) is 15.4 Å². The van der Waals surface area contributed by atoms with Crippen LogP contribution in [0.25, 0.3) is 0 Å². The Labute approximate surface area is 197 Å². The fraction of sp³-hybridized carbons (Fsp3) is 0.208. The molecule has 1 aliphatic heterocycles. The number of carbonyl (C=O) groups excluding carboxylic acids is 1. The average Bonchev–Trinajstić information content (AvgIpc) is 3.15. The summed E-state index contributed by atoms with van der Waals surface area (Å²) in [6.07, 6.45) is 0. The molecule has 3 aromatic carbocycles. The molecule has 1 N–H and O–H groups in total. The van der Waals surface area contributed by atoms with Crippen LogP contribution >= 0.6 is 23.4 Å². The van der Waals surface area contributed by atoms with Gasteiger partial charge in [0, 0.05) is 16.4 Å². The zero-order chi connectivity index (χ0) is 22.9. The van der Waals surface area contributed by atoms with Crippen LogP contribution in [0.5, 0.6) is 0 Å². The van der Waals surface area contributed by atoms with Gasteiger partial charge in [-0.15, -0.1) is 11.8 Å². The predicted molar refractivity (Wildman–Crippen MR) is 132 cm³/mol. The van der Waals surface area contributed by atoms with Crippen molar-refractivity contribution in [1.29, 1.82) is 0 Å². The Kier molecular flexibility index (Phi) is 6.51. The molecule has 0 saturated carbocycles. The molecule has 166 valence electrons. The molecule has 0 aromatic heterocycles. The fourth-order valence-electron chi connectivity index (χ4n) is 3.55. The molecule has 1 fully saturated rings.